The molecule has 0 aliphatic carbocycles. The molecular weight excluding hydrogens is 271 g/mol. The highest BCUT2D eigenvalue weighted by Gasteiger charge is 2.26. The Balaban J connectivity index is 1.91. The molecule has 1 atom stereocenters. The molecule has 2 nitrogen and oxygen atoms in total. The van der Waals surface area contributed by atoms with Gasteiger partial charge in [-0.3, -0.25) is 4.79 Å². The van der Waals surface area contributed by atoms with Crippen LogP contribution in [-0.2, 0) is 0 Å². The number of furan rings is 1. The van der Waals surface area contributed by atoms with Crippen molar-refractivity contribution in [2.75, 3.05) is 17.3 Å². The van der Waals surface area contributed by atoms with Crippen molar-refractivity contribution in [2.45, 2.75) is 5.25 Å². The average Bonchev–Trinajstić information content (AvgIpc) is 2.81. The second-order valence-electron chi connectivity index (χ2n) is 4.09. The van der Waals surface area contributed by atoms with Gasteiger partial charge in [-0.1, -0.05) is 0 Å². The van der Waals surface area contributed by atoms with Crippen molar-refractivity contribution < 1.29 is 13.6 Å². The molecule has 3 rings (SSSR count). The molecule has 1 unspecified atom stereocenters. The van der Waals surface area contributed by atoms with Gasteiger partial charge in [-0.25, -0.2) is 4.39 Å². The van der Waals surface area contributed by atoms with Crippen molar-refractivity contribution in [3.63, 3.8) is 0 Å². The summed E-state index contributed by atoms with van der Waals surface area (Å²) in [5.74, 6) is 2.97. The molecule has 0 saturated carbocycles. The number of hydrogen-bond acceptors (Lipinski definition) is 4. The van der Waals surface area contributed by atoms with Crippen LogP contribution in [0, 0.1) is 5.82 Å². The maximum Gasteiger partial charge on any atom is 0.211 e. The predicted molar refractivity (Wildman–Crippen MR) is 74.1 cm³/mol. The van der Waals surface area contributed by atoms with Crippen molar-refractivity contribution in [3.05, 3.63) is 35.8 Å². The van der Waals surface area contributed by atoms with Crippen LogP contribution in [0.15, 0.2) is 28.7 Å². The Bertz CT molecular complexity index is 588. The number of thioether (sulfide) groups is 2. The first-order valence-corrected chi connectivity index (χ1v) is 7.87. The van der Waals surface area contributed by atoms with E-state index < -0.39 is 0 Å². The number of carbonyl (C=O) groups is 1. The minimum Gasteiger partial charge on any atom is -0.453 e. The first-order valence-electron chi connectivity index (χ1n) is 5.67. The number of fused-ring (bicyclic) bond motifs is 1. The van der Waals surface area contributed by atoms with Gasteiger partial charge in [0.15, 0.2) is 5.76 Å². The van der Waals surface area contributed by atoms with Crippen molar-refractivity contribution in [1.82, 2.24) is 0 Å². The van der Waals surface area contributed by atoms with E-state index in [1.165, 1.54) is 12.1 Å². The van der Waals surface area contributed by atoms with E-state index in [9.17, 15) is 9.18 Å². The Labute approximate surface area is 112 Å². The molecule has 2 heterocycles. The van der Waals surface area contributed by atoms with Gasteiger partial charge >= 0.3 is 0 Å². The summed E-state index contributed by atoms with van der Waals surface area (Å²) in [6.07, 6.45) is 0. The van der Waals surface area contributed by atoms with Crippen molar-refractivity contribution in [1.29, 1.82) is 0 Å². The van der Waals surface area contributed by atoms with E-state index in [1.54, 1.807) is 35.7 Å². The van der Waals surface area contributed by atoms with E-state index >= 15 is 0 Å². The summed E-state index contributed by atoms with van der Waals surface area (Å²) in [7, 11) is 0. The van der Waals surface area contributed by atoms with Crippen LogP contribution >= 0.6 is 23.5 Å². The molecule has 1 fully saturated rings. The minimum atomic E-state index is -0.315. The van der Waals surface area contributed by atoms with Gasteiger partial charge < -0.3 is 4.42 Å². The van der Waals surface area contributed by atoms with Gasteiger partial charge in [-0.2, -0.15) is 11.8 Å². The average molecular weight is 282 g/mol. The summed E-state index contributed by atoms with van der Waals surface area (Å²) < 4.78 is 18.6. The highest BCUT2D eigenvalue weighted by molar-refractivity contribution is 8.07. The molecular formula is C13H11FO2S2. The number of ketones is 1. The zero-order valence-corrected chi connectivity index (χ0v) is 11.2. The van der Waals surface area contributed by atoms with E-state index in [0.29, 0.717) is 16.7 Å². The lowest BCUT2D eigenvalue weighted by Gasteiger charge is -2.18. The van der Waals surface area contributed by atoms with Crippen LogP contribution in [0.25, 0.3) is 11.0 Å². The maximum absolute atomic E-state index is 13.1. The van der Waals surface area contributed by atoms with Gasteiger partial charge in [0.25, 0.3) is 0 Å². The molecule has 0 spiro atoms. The molecule has 1 aliphatic heterocycles. The monoisotopic (exact) mass is 282 g/mol. The number of hydrogen-bond donors (Lipinski definition) is 0. The maximum atomic E-state index is 13.1. The highest BCUT2D eigenvalue weighted by atomic mass is 32.2. The van der Waals surface area contributed by atoms with Crippen LogP contribution in [0.2, 0.25) is 0 Å². The number of Topliss-reactive ketones (excluding diaryl/α,β-unsaturated/α-hetero) is 1. The van der Waals surface area contributed by atoms with Crippen molar-refractivity contribution >= 4 is 40.3 Å². The highest BCUT2D eigenvalue weighted by Crippen LogP contribution is 2.29. The number of rotatable bonds is 2. The zero-order valence-electron chi connectivity index (χ0n) is 9.52. The molecule has 1 aliphatic rings. The topological polar surface area (TPSA) is 30.2 Å². The van der Waals surface area contributed by atoms with Crippen LogP contribution in [0.3, 0.4) is 0 Å². The molecule has 2 aromatic rings. The van der Waals surface area contributed by atoms with Gasteiger partial charge in [0.2, 0.25) is 5.78 Å². The Hall–Kier alpha value is -0.940. The third-order valence-corrected chi connectivity index (χ3v) is 5.58. The molecule has 0 radical (unpaired) electrons. The Morgan fingerprint density at radius 2 is 2.22 bits per heavy atom. The van der Waals surface area contributed by atoms with Gasteiger partial charge in [-0.05, 0) is 24.3 Å². The lowest BCUT2D eigenvalue weighted by atomic mass is 10.2. The fourth-order valence-corrected chi connectivity index (χ4v) is 4.55. The summed E-state index contributed by atoms with van der Waals surface area (Å²) >= 11 is 3.47. The second kappa shape index (κ2) is 4.97. The molecule has 0 bridgehead atoms. The van der Waals surface area contributed by atoms with Crippen LogP contribution in [0.5, 0.6) is 0 Å². The number of benzene rings is 1. The van der Waals surface area contributed by atoms with E-state index in [2.05, 4.69) is 0 Å². The number of halogens is 1. The molecule has 0 amide bonds. The van der Waals surface area contributed by atoms with Crippen molar-refractivity contribution in [3.8, 4) is 0 Å². The van der Waals surface area contributed by atoms with Crippen LogP contribution in [0.4, 0.5) is 4.39 Å². The molecule has 1 aromatic carbocycles. The van der Waals surface area contributed by atoms with E-state index in [-0.39, 0.29) is 16.9 Å². The lowest BCUT2D eigenvalue weighted by Crippen LogP contribution is -2.23. The number of carbonyl (C=O) groups excluding carboxylic acids is 1. The predicted octanol–water partition coefficient (Wildman–Crippen LogP) is 3.60. The van der Waals surface area contributed by atoms with Crippen LogP contribution < -0.4 is 0 Å². The fourth-order valence-electron chi connectivity index (χ4n) is 1.93. The minimum absolute atomic E-state index is 0.0174. The molecule has 1 aromatic heterocycles. The van der Waals surface area contributed by atoms with Crippen LogP contribution in [-0.4, -0.2) is 28.3 Å². The molecule has 94 valence electrons. The third kappa shape index (κ3) is 2.29. The van der Waals surface area contributed by atoms with Gasteiger partial charge in [0, 0.05) is 22.6 Å². The summed E-state index contributed by atoms with van der Waals surface area (Å²) in [5, 5.41) is 0.612. The third-order valence-electron chi connectivity index (χ3n) is 2.83. The second-order valence-corrected chi connectivity index (χ2v) is 6.55. The fraction of sp³-hybridized carbons (Fsp3) is 0.308. The summed E-state index contributed by atoms with van der Waals surface area (Å²) in [6.45, 7) is 0. The van der Waals surface area contributed by atoms with Gasteiger partial charge in [0.05, 0.1) is 5.25 Å². The van der Waals surface area contributed by atoms with E-state index in [1.807, 2.05) is 0 Å². The van der Waals surface area contributed by atoms with E-state index in [0.717, 1.165) is 17.3 Å². The van der Waals surface area contributed by atoms with Gasteiger partial charge in [0.1, 0.15) is 11.4 Å². The largest absolute Gasteiger partial charge is 0.453 e. The molecule has 18 heavy (non-hydrogen) atoms. The van der Waals surface area contributed by atoms with E-state index in [4.69, 9.17) is 4.42 Å². The molecule has 0 N–H and O–H groups in total. The zero-order chi connectivity index (χ0) is 12.5. The SMILES string of the molecule is O=C(c1cc2cc(F)ccc2o1)C1CSCCS1. The summed E-state index contributed by atoms with van der Waals surface area (Å²) in [5.41, 5.74) is 0.563. The smallest absolute Gasteiger partial charge is 0.211 e. The van der Waals surface area contributed by atoms with Crippen LogP contribution in [0.1, 0.15) is 10.6 Å². The Kier molecular flexibility index (Phi) is 3.35. The Morgan fingerprint density at radius 3 is 3.00 bits per heavy atom. The standard InChI is InChI=1S/C13H11FO2S2/c14-9-1-2-10-8(5-9)6-11(16-10)13(15)12-7-17-3-4-18-12/h1-2,5-6,12H,3-4,7H2. The quantitative estimate of drug-likeness (QED) is 0.787. The summed E-state index contributed by atoms with van der Waals surface area (Å²) in [4.78, 5) is 12.2. The Morgan fingerprint density at radius 1 is 1.33 bits per heavy atom. The molecule has 5 heteroatoms. The first kappa shape index (κ1) is 12.1. The lowest BCUT2D eigenvalue weighted by molar-refractivity contribution is 0.0970. The first-order chi connectivity index (χ1) is 8.74. The molecule has 1 saturated heterocycles. The van der Waals surface area contributed by atoms with Crippen molar-refractivity contribution in [2.24, 2.45) is 0 Å². The normalized spacial score (nSPS) is 20.2. The summed E-state index contributed by atoms with van der Waals surface area (Å²) in [6, 6.07) is 5.93. The van der Waals surface area contributed by atoms with Gasteiger partial charge in [-0.15, -0.1) is 11.8 Å².